The number of furan rings is 1. The summed E-state index contributed by atoms with van der Waals surface area (Å²) in [6.45, 7) is 4.29. The van der Waals surface area contributed by atoms with Gasteiger partial charge in [0, 0.05) is 6.54 Å². The van der Waals surface area contributed by atoms with Gasteiger partial charge in [-0.1, -0.05) is 32.0 Å². The van der Waals surface area contributed by atoms with Crippen LogP contribution >= 0.6 is 11.8 Å². The number of nitrogens with one attached hydrogen (secondary N) is 1. The molecule has 1 heterocycles. The van der Waals surface area contributed by atoms with Gasteiger partial charge in [-0.3, -0.25) is 9.10 Å². The largest absolute Gasteiger partial charge is 0.468 e. The predicted molar refractivity (Wildman–Crippen MR) is 115 cm³/mol. The van der Waals surface area contributed by atoms with Gasteiger partial charge in [-0.15, -0.1) is 0 Å². The Morgan fingerprint density at radius 3 is 2.61 bits per heavy atom. The number of para-hydroxylation sites is 1. The van der Waals surface area contributed by atoms with Crippen LogP contribution in [0, 0.1) is 0 Å². The summed E-state index contributed by atoms with van der Waals surface area (Å²) in [4.78, 5) is 12.3. The molecule has 0 atom stereocenters. The number of rotatable bonds is 11. The molecular formula is C20H28N2O4S2. The van der Waals surface area contributed by atoms with Crippen LogP contribution in [0.5, 0.6) is 0 Å². The Labute approximate surface area is 171 Å². The number of nitrogens with zero attached hydrogens (tertiary/aromatic N) is 1. The number of carbonyl (C=O) groups excluding carboxylic acids is 1. The number of sulfonamides is 1. The average Bonchev–Trinajstić information content (AvgIpc) is 3.15. The lowest BCUT2D eigenvalue weighted by molar-refractivity contribution is -0.119. The fraction of sp³-hybridized carbons (Fsp3) is 0.450. The van der Waals surface area contributed by atoms with Crippen LogP contribution in [0.25, 0.3) is 0 Å². The Morgan fingerprint density at radius 1 is 1.21 bits per heavy atom. The molecule has 0 saturated carbocycles. The molecule has 0 aliphatic heterocycles. The van der Waals surface area contributed by atoms with E-state index in [1.54, 1.807) is 30.2 Å². The second-order valence-electron chi connectivity index (χ2n) is 6.82. The van der Waals surface area contributed by atoms with E-state index in [2.05, 4.69) is 5.32 Å². The quantitative estimate of drug-likeness (QED) is 0.558. The molecule has 6 nitrogen and oxygen atoms in total. The smallest absolute Gasteiger partial charge is 0.240 e. The van der Waals surface area contributed by atoms with Crippen molar-refractivity contribution in [1.29, 1.82) is 0 Å². The first-order valence-corrected chi connectivity index (χ1v) is 12.2. The summed E-state index contributed by atoms with van der Waals surface area (Å²) in [5.74, 6) is 2.46. The molecule has 1 N–H and O–H groups in total. The third-order valence-electron chi connectivity index (χ3n) is 4.13. The van der Waals surface area contributed by atoms with Gasteiger partial charge in [-0.25, -0.2) is 8.42 Å². The molecule has 1 amide bonds. The van der Waals surface area contributed by atoms with Gasteiger partial charge in [0.15, 0.2) is 0 Å². The maximum absolute atomic E-state index is 12.3. The highest BCUT2D eigenvalue weighted by molar-refractivity contribution is 7.98. The Balaban J connectivity index is 1.86. The molecule has 1 aromatic heterocycles. The summed E-state index contributed by atoms with van der Waals surface area (Å²) in [5, 5.41) is 2.82. The van der Waals surface area contributed by atoms with Crippen molar-refractivity contribution in [3.05, 3.63) is 54.0 Å². The standard InChI is InChI=1S/C20H28N2O4S2/c1-16(2)18-9-4-5-10-19(18)22(28(3,24)25)14-20(23)21-11-7-13-27-15-17-8-6-12-26-17/h4-6,8-10,12,16H,7,11,13-15H2,1-3H3,(H,21,23). The molecule has 154 valence electrons. The molecule has 0 aliphatic carbocycles. The monoisotopic (exact) mass is 424 g/mol. The van der Waals surface area contributed by atoms with Gasteiger partial charge in [0.05, 0.1) is 24.0 Å². The zero-order valence-electron chi connectivity index (χ0n) is 16.6. The summed E-state index contributed by atoms with van der Waals surface area (Å²) >= 11 is 1.73. The molecular weight excluding hydrogens is 396 g/mol. The Morgan fingerprint density at radius 2 is 1.96 bits per heavy atom. The highest BCUT2D eigenvalue weighted by Gasteiger charge is 2.23. The number of thioether (sulfide) groups is 1. The number of carbonyl (C=O) groups is 1. The van der Waals surface area contributed by atoms with Crippen LogP contribution in [-0.4, -0.2) is 39.4 Å². The number of benzene rings is 1. The van der Waals surface area contributed by atoms with E-state index in [9.17, 15) is 13.2 Å². The van der Waals surface area contributed by atoms with E-state index in [-0.39, 0.29) is 18.4 Å². The molecule has 0 fully saturated rings. The predicted octanol–water partition coefficient (Wildman–Crippen LogP) is 3.61. The highest BCUT2D eigenvalue weighted by Crippen LogP contribution is 2.28. The fourth-order valence-corrected chi connectivity index (χ4v) is 4.47. The van der Waals surface area contributed by atoms with Gasteiger partial charge in [0.1, 0.15) is 12.3 Å². The van der Waals surface area contributed by atoms with E-state index >= 15 is 0 Å². The molecule has 2 rings (SSSR count). The van der Waals surface area contributed by atoms with Crippen LogP contribution in [0.2, 0.25) is 0 Å². The maximum Gasteiger partial charge on any atom is 0.240 e. The van der Waals surface area contributed by atoms with Crippen molar-refractivity contribution in [2.24, 2.45) is 0 Å². The minimum absolute atomic E-state index is 0.148. The first-order valence-electron chi connectivity index (χ1n) is 9.22. The molecule has 1 aromatic carbocycles. The lowest BCUT2D eigenvalue weighted by Crippen LogP contribution is -2.41. The molecule has 0 bridgehead atoms. The van der Waals surface area contributed by atoms with Crippen molar-refractivity contribution in [3.8, 4) is 0 Å². The summed E-state index contributed by atoms with van der Waals surface area (Å²) in [6, 6.07) is 11.1. The Bertz CT molecular complexity index is 849. The zero-order valence-corrected chi connectivity index (χ0v) is 18.2. The van der Waals surface area contributed by atoms with Gasteiger partial charge >= 0.3 is 0 Å². The van der Waals surface area contributed by atoms with Crippen molar-refractivity contribution < 1.29 is 17.6 Å². The summed E-state index contributed by atoms with van der Waals surface area (Å²) in [5.41, 5.74) is 1.46. The highest BCUT2D eigenvalue weighted by atomic mass is 32.2. The van der Waals surface area contributed by atoms with E-state index in [0.717, 1.165) is 35.5 Å². The third kappa shape index (κ3) is 6.91. The van der Waals surface area contributed by atoms with Gasteiger partial charge in [-0.2, -0.15) is 11.8 Å². The lowest BCUT2D eigenvalue weighted by atomic mass is 10.0. The van der Waals surface area contributed by atoms with Crippen LogP contribution < -0.4 is 9.62 Å². The normalized spacial score (nSPS) is 11.6. The Kier molecular flexibility index (Phi) is 8.44. The van der Waals surface area contributed by atoms with Gasteiger partial charge in [-0.05, 0) is 41.9 Å². The summed E-state index contributed by atoms with van der Waals surface area (Å²) in [6.07, 6.45) is 3.59. The second kappa shape index (κ2) is 10.6. The van der Waals surface area contributed by atoms with Crippen molar-refractivity contribution in [1.82, 2.24) is 5.32 Å². The van der Waals surface area contributed by atoms with Gasteiger partial charge < -0.3 is 9.73 Å². The average molecular weight is 425 g/mol. The van der Waals surface area contributed by atoms with Crippen LogP contribution in [0.4, 0.5) is 5.69 Å². The summed E-state index contributed by atoms with van der Waals surface area (Å²) in [7, 11) is -3.58. The molecule has 28 heavy (non-hydrogen) atoms. The second-order valence-corrected chi connectivity index (χ2v) is 9.83. The zero-order chi connectivity index (χ0) is 20.6. The van der Waals surface area contributed by atoms with E-state index in [1.165, 1.54) is 4.31 Å². The first kappa shape index (κ1) is 22.4. The molecule has 2 aromatic rings. The van der Waals surface area contributed by atoms with Crippen LogP contribution in [0.15, 0.2) is 47.1 Å². The van der Waals surface area contributed by atoms with E-state index in [0.29, 0.717) is 12.2 Å². The minimum atomic E-state index is -3.58. The fourth-order valence-electron chi connectivity index (χ4n) is 2.74. The number of hydrogen-bond acceptors (Lipinski definition) is 5. The lowest BCUT2D eigenvalue weighted by Gasteiger charge is -2.25. The van der Waals surface area contributed by atoms with Crippen molar-refractivity contribution >= 4 is 33.4 Å². The van der Waals surface area contributed by atoms with Crippen molar-refractivity contribution in [2.75, 3.05) is 29.4 Å². The molecule has 8 heteroatoms. The minimum Gasteiger partial charge on any atom is -0.468 e. The van der Waals surface area contributed by atoms with Crippen LogP contribution in [0.1, 0.15) is 37.5 Å². The topological polar surface area (TPSA) is 79.6 Å². The van der Waals surface area contributed by atoms with E-state index < -0.39 is 10.0 Å². The SMILES string of the molecule is CC(C)c1ccccc1N(CC(=O)NCCCSCc1ccco1)S(C)(=O)=O. The van der Waals surface area contributed by atoms with Crippen LogP contribution in [0.3, 0.4) is 0 Å². The van der Waals surface area contributed by atoms with Crippen LogP contribution in [-0.2, 0) is 20.6 Å². The number of hydrogen-bond donors (Lipinski definition) is 1. The number of anilines is 1. The van der Waals surface area contributed by atoms with Crippen molar-refractivity contribution in [3.63, 3.8) is 0 Å². The molecule has 0 saturated heterocycles. The Hall–Kier alpha value is -1.93. The molecule has 0 radical (unpaired) electrons. The van der Waals surface area contributed by atoms with Gasteiger partial charge in [0.2, 0.25) is 15.9 Å². The molecule has 0 unspecified atom stereocenters. The van der Waals surface area contributed by atoms with E-state index in [1.807, 2.05) is 38.1 Å². The summed E-state index contributed by atoms with van der Waals surface area (Å²) < 4.78 is 31.1. The number of amides is 1. The van der Waals surface area contributed by atoms with Crippen molar-refractivity contribution in [2.45, 2.75) is 31.9 Å². The first-order chi connectivity index (χ1) is 13.3. The molecule has 0 aliphatic rings. The maximum atomic E-state index is 12.3. The third-order valence-corrected chi connectivity index (χ3v) is 6.32. The van der Waals surface area contributed by atoms with Gasteiger partial charge in [0.25, 0.3) is 0 Å². The molecule has 0 spiro atoms. The van der Waals surface area contributed by atoms with E-state index in [4.69, 9.17) is 4.42 Å².